The Morgan fingerprint density at radius 2 is 2.25 bits per heavy atom. The van der Waals surface area contributed by atoms with E-state index in [1.54, 1.807) is 0 Å². The number of rotatable bonds is 3. The van der Waals surface area contributed by atoms with E-state index in [9.17, 15) is 0 Å². The molecule has 0 spiro atoms. The minimum Gasteiger partial charge on any atom is -0.317 e. The fourth-order valence-corrected chi connectivity index (χ4v) is 2.41. The molecular formula is C12H16BrN3. The van der Waals surface area contributed by atoms with Gasteiger partial charge < -0.3 is 5.32 Å². The van der Waals surface area contributed by atoms with E-state index in [2.05, 4.69) is 51.5 Å². The largest absolute Gasteiger partial charge is 0.317 e. The number of fused-ring (bicyclic) bond motifs is 1. The number of hydrogen-bond acceptors (Lipinski definition) is 2. The minimum absolute atomic E-state index is 0.495. The van der Waals surface area contributed by atoms with Crippen molar-refractivity contribution in [2.45, 2.75) is 19.4 Å². The van der Waals surface area contributed by atoms with Gasteiger partial charge in [-0.25, -0.2) is 0 Å². The molecule has 0 aliphatic heterocycles. The van der Waals surface area contributed by atoms with Gasteiger partial charge in [0.25, 0.3) is 0 Å². The molecule has 1 aromatic carbocycles. The Kier molecular flexibility index (Phi) is 3.30. The van der Waals surface area contributed by atoms with Gasteiger partial charge in [0.2, 0.25) is 0 Å². The zero-order chi connectivity index (χ0) is 11.7. The van der Waals surface area contributed by atoms with Crippen LogP contribution in [0.25, 0.3) is 10.9 Å². The van der Waals surface area contributed by atoms with Crippen LogP contribution < -0.4 is 5.32 Å². The van der Waals surface area contributed by atoms with E-state index in [1.807, 2.05) is 18.8 Å². The molecule has 4 heteroatoms. The molecule has 1 aromatic heterocycles. The van der Waals surface area contributed by atoms with E-state index in [1.165, 1.54) is 16.5 Å². The molecule has 0 radical (unpaired) electrons. The molecule has 1 heterocycles. The van der Waals surface area contributed by atoms with Gasteiger partial charge >= 0.3 is 0 Å². The van der Waals surface area contributed by atoms with Crippen molar-refractivity contribution in [1.82, 2.24) is 15.1 Å². The number of aromatic nitrogens is 2. The van der Waals surface area contributed by atoms with Crippen molar-refractivity contribution < 1.29 is 0 Å². The van der Waals surface area contributed by atoms with Gasteiger partial charge in [-0.1, -0.05) is 6.07 Å². The van der Waals surface area contributed by atoms with Crippen molar-refractivity contribution in [3.63, 3.8) is 0 Å². The predicted octanol–water partition coefficient (Wildman–Crippen LogP) is 2.49. The van der Waals surface area contributed by atoms with Crippen LogP contribution in [0.2, 0.25) is 0 Å². The first-order valence-electron chi connectivity index (χ1n) is 5.40. The van der Waals surface area contributed by atoms with E-state index in [0.29, 0.717) is 6.04 Å². The number of hydrogen-bond donors (Lipinski definition) is 1. The molecule has 0 aliphatic carbocycles. The normalized spacial score (nSPS) is 13.2. The molecule has 0 fully saturated rings. The second-order valence-corrected chi connectivity index (χ2v) is 4.91. The van der Waals surface area contributed by atoms with E-state index in [4.69, 9.17) is 0 Å². The van der Waals surface area contributed by atoms with Gasteiger partial charge in [0, 0.05) is 18.5 Å². The van der Waals surface area contributed by atoms with Crippen LogP contribution in [0, 0.1) is 0 Å². The summed E-state index contributed by atoms with van der Waals surface area (Å²) in [6.07, 6.45) is 1.04. The monoisotopic (exact) mass is 281 g/mol. The van der Waals surface area contributed by atoms with Crippen LogP contribution in [0.1, 0.15) is 12.5 Å². The number of aryl methyl sites for hydroxylation is 1. The SMILES string of the molecule is CNC(C)Cc1ccc2c(Br)nn(C)c2c1. The lowest BCUT2D eigenvalue weighted by Crippen LogP contribution is -2.23. The van der Waals surface area contributed by atoms with E-state index in [0.717, 1.165) is 11.0 Å². The van der Waals surface area contributed by atoms with Crippen LogP contribution in [-0.4, -0.2) is 22.9 Å². The van der Waals surface area contributed by atoms with Crippen molar-refractivity contribution in [3.8, 4) is 0 Å². The Morgan fingerprint density at radius 1 is 1.50 bits per heavy atom. The fourth-order valence-electron chi connectivity index (χ4n) is 1.84. The van der Waals surface area contributed by atoms with E-state index in [-0.39, 0.29) is 0 Å². The summed E-state index contributed by atoms with van der Waals surface area (Å²) in [6.45, 7) is 2.18. The van der Waals surface area contributed by atoms with E-state index >= 15 is 0 Å². The molecule has 0 aliphatic rings. The second-order valence-electron chi connectivity index (χ2n) is 4.16. The van der Waals surface area contributed by atoms with Crippen LogP contribution in [0.4, 0.5) is 0 Å². The third-order valence-corrected chi connectivity index (χ3v) is 3.49. The summed E-state index contributed by atoms with van der Waals surface area (Å²) < 4.78 is 2.82. The molecule has 16 heavy (non-hydrogen) atoms. The maximum atomic E-state index is 4.35. The Bertz CT molecular complexity index is 504. The highest BCUT2D eigenvalue weighted by Crippen LogP contribution is 2.23. The average Bonchev–Trinajstić information content (AvgIpc) is 2.54. The number of halogens is 1. The first-order valence-corrected chi connectivity index (χ1v) is 6.19. The van der Waals surface area contributed by atoms with Gasteiger partial charge in [-0.2, -0.15) is 5.10 Å². The highest BCUT2D eigenvalue weighted by atomic mass is 79.9. The summed E-state index contributed by atoms with van der Waals surface area (Å²) >= 11 is 3.46. The smallest absolute Gasteiger partial charge is 0.135 e. The van der Waals surface area contributed by atoms with Crippen LogP contribution in [0.3, 0.4) is 0 Å². The maximum Gasteiger partial charge on any atom is 0.135 e. The summed E-state index contributed by atoms with van der Waals surface area (Å²) in [5.74, 6) is 0. The van der Waals surface area contributed by atoms with Crippen LogP contribution >= 0.6 is 15.9 Å². The summed E-state index contributed by atoms with van der Waals surface area (Å²) in [5.41, 5.74) is 2.51. The molecule has 3 nitrogen and oxygen atoms in total. The zero-order valence-electron chi connectivity index (χ0n) is 9.79. The number of nitrogens with one attached hydrogen (secondary N) is 1. The van der Waals surface area contributed by atoms with Gasteiger partial charge in [0.15, 0.2) is 0 Å². The summed E-state index contributed by atoms with van der Waals surface area (Å²) in [4.78, 5) is 0. The second kappa shape index (κ2) is 4.55. The van der Waals surface area contributed by atoms with Crippen LogP contribution in [-0.2, 0) is 13.5 Å². The number of benzene rings is 1. The minimum atomic E-state index is 0.495. The molecule has 2 aromatic rings. The van der Waals surface area contributed by atoms with Gasteiger partial charge in [-0.05, 0) is 54.0 Å². The number of nitrogens with zero attached hydrogens (tertiary/aromatic N) is 2. The first-order chi connectivity index (χ1) is 7.61. The quantitative estimate of drug-likeness (QED) is 0.937. The van der Waals surface area contributed by atoms with Crippen LogP contribution in [0.5, 0.6) is 0 Å². The van der Waals surface area contributed by atoms with Crippen molar-refractivity contribution >= 4 is 26.8 Å². The predicted molar refractivity (Wildman–Crippen MR) is 70.6 cm³/mol. The van der Waals surface area contributed by atoms with Crippen molar-refractivity contribution in [2.24, 2.45) is 7.05 Å². The molecule has 0 saturated carbocycles. The molecular weight excluding hydrogens is 266 g/mol. The van der Waals surface area contributed by atoms with Crippen molar-refractivity contribution in [3.05, 3.63) is 28.4 Å². The molecule has 0 saturated heterocycles. The fraction of sp³-hybridized carbons (Fsp3) is 0.417. The molecule has 2 rings (SSSR count). The van der Waals surface area contributed by atoms with E-state index < -0.39 is 0 Å². The average molecular weight is 282 g/mol. The lowest BCUT2D eigenvalue weighted by Gasteiger charge is -2.09. The third-order valence-electron chi connectivity index (χ3n) is 2.91. The third kappa shape index (κ3) is 2.13. The maximum absolute atomic E-state index is 4.35. The lowest BCUT2D eigenvalue weighted by molar-refractivity contribution is 0.608. The molecule has 1 atom stereocenters. The summed E-state index contributed by atoms with van der Waals surface area (Å²) in [7, 11) is 3.96. The first kappa shape index (κ1) is 11.6. The summed E-state index contributed by atoms with van der Waals surface area (Å²) in [6, 6.07) is 7.00. The molecule has 1 N–H and O–H groups in total. The highest BCUT2D eigenvalue weighted by molar-refractivity contribution is 9.10. The van der Waals surface area contributed by atoms with Gasteiger partial charge in [0.05, 0.1) is 5.52 Å². The van der Waals surface area contributed by atoms with Gasteiger partial charge in [-0.3, -0.25) is 4.68 Å². The molecule has 0 amide bonds. The Hall–Kier alpha value is -0.870. The van der Waals surface area contributed by atoms with Crippen LogP contribution in [0.15, 0.2) is 22.8 Å². The van der Waals surface area contributed by atoms with Gasteiger partial charge in [-0.15, -0.1) is 0 Å². The molecule has 1 unspecified atom stereocenters. The molecule has 0 bridgehead atoms. The van der Waals surface area contributed by atoms with Crippen molar-refractivity contribution in [2.75, 3.05) is 7.05 Å². The van der Waals surface area contributed by atoms with Crippen molar-refractivity contribution in [1.29, 1.82) is 0 Å². The topological polar surface area (TPSA) is 29.9 Å². The molecule has 86 valence electrons. The lowest BCUT2D eigenvalue weighted by atomic mass is 10.1. The number of likely N-dealkylation sites (N-methyl/N-ethyl adjacent to an activating group) is 1. The zero-order valence-corrected chi connectivity index (χ0v) is 11.4. The summed E-state index contributed by atoms with van der Waals surface area (Å²) in [5, 5.41) is 8.77. The highest BCUT2D eigenvalue weighted by Gasteiger charge is 2.07. The standard InChI is InChI=1S/C12H16BrN3/c1-8(14-2)6-9-4-5-10-11(7-9)16(3)15-12(10)13/h4-5,7-8,14H,6H2,1-3H3. The Balaban J connectivity index is 2.40. The van der Waals surface area contributed by atoms with Gasteiger partial charge in [0.1, 0.15) is 4.60 Å². The Morgan fingerprint density at radius 3 is 2.94 bits per heavy atom. The Labute approximate surface area is 104 Å².